The van der Waals surface area contributed by atoms with Crippen molar-refractivity contribution < 1.29 is 14.8 Å². The highest BCUT2D eigenvalue weighted by molar-refractivity contribution is 5.68. The molecule has 0 radical (unpaired) electrons. The molecule has 1 aromatic carbocycles. The molecule has 0 saturated carbocycles. The van der Waals surface area contributed by atoms with E-state index in [0.29, 0.717) is 18.8 Å². The molecular formula is C12H16N2O4. The maximum absolute atomic E-state index is 10.8. The molecule has 6 nitrogen and oxygen atoms in total. The van der Waals surface area contributed by atoms with E-state index in [4.69, 9.17) is 5.11 Å². The number of carboxylic acid groups (broad SMARTS) is 1. The number of nitro groups is 1. The summed E-state index contributed by atoms with van der Waals surface area (Å²) in [5.74, 6) is -0.879. The fourth-order valence-corrected chi connectivity index (χ4v) is 1.73. The van der Waals surface area contributed by atoms with Crippen molar-refractivity contribution in [2.75, 3.05) is 18.0 Å². The molecule has 0 atom stereocenters. The van der Waals surface area contributed by atoms with Gasteiger partial charge in [0.05, 0.1) is 11.3 Å². The van der Waals surface area contributed by atoms with Gasteiger partial charge in [0.25, 0.3) is 5.69 Å². The lowest BCUT2D eigenvalue weighted by molar-refractivity contribution is -0.384. The number of anilines is 1. The average Bonchev–Trinajstić information content (AvgIpc) is 2.28. The average molecular weight is 252 g/mol. The van der Waals surface area contributed by atoms with Crippen LogP contribution in [0.2, 0.25) is 0 Å². The maximum Gasteiger partial charge on any atom is 0.305 e. The van der Waals surface area contributed by atoms with Crippen molar-refractivity contribution in [3.8, 4) is 0 Å². The molecule has 98 valence electrons. The molecule has 0 aliphatic carbocycles. The molecule has 0 heterocycles. The number of carbonyl (C=O) groups is 1. The van der Waals surface area contributed by atoms with E-state index in [0.717, 1.165) is 5.56 Å². The quantitative estimate of drug-likeness (QED) is 0.619. The minimum Gasteiger partial charge on any atom is -0.481 e. The van der Waals surface area contributed by atoms with E-state index in [1.54, 1.807) is 6.92 Å². The summed E-state index contributed by atoms with van der Waals surface area (Å²) in [5, 5.41) is 19.4. The van der Waals surface area contributed by atoms with Gasteiger partial charge in [-0.25, -0.2) is 0 Å². The van der Waals surface area contributed by atoms with Crippen LogP contribution in [0.5, 0.6) is 0 Å². The summed E-state index contributed by atoms with van der Waals surface area (Å²) in [5.41, 5.74) is 1.50. The number of carboxylic acids is 1. The fraction of sp³-hybridized carbons (Fsp3) is 0.417. The van der Waals surface area contributed by atoms with E-state index < -0.39 is 10.9 Å². The number of non-ortho nitro benzene ring substituents is 1. The van der Waals surface area contributed by atoms with Gasteiger partial charge in [-0.1, -0.05) is 0 Å². The number of nitro benzene ring substituents is 1. The highest BCUT2D eigenvalue weighted by atomic mass is 16.6. The normalized spacial score (nSPS) is 10.1. The Labute approximate surface area is 105 Å². The van der Waals surface area contributed by atoms with Gasteiger partial charge in [0.15, 0.2) is 0 Å². The van der Waals surface area contributed by atoms with Gasteiger partial charge in [-0.15, -0.1) is 0 Å². The van der Waals surface area contributed by atoms with E-state index in [-0.39, 0.29) is 12.1 Å². The summed E-state index contributed by atoms with van der Waals surface area (Å²) in [4.78, 5) is 22.7. The third kappa shape index (κ3) is 3.73. The number of aliphatic carboxylic acids is 1. The molecule has 1 rings (SSSR count). The summed E-state index contributed by atoms with van der Waals surface area (Å²) in [6.07, 6.45) is 0.00950. The summed E-state index contributed by atoms with van der Waals surface area (Å²) >= 11 is 0. The molecule has 18 heavy (non-hydrogen) atoms. The van der Waals surface area contributed by atoms with E-state index in [9.17, 15) is 14.9 Å². The number of hydrogen-bond acceptors (Lipinski definition) is 4. The number of aryl methyl sites for hydroxylation is 1. The first-order chi connectivity index (χ1) is 8.43. The van der Waals surface area contributed by atoms with Crippen LogP contribution in [0, 0.1) is 17.0 Å². The smallest absolute Gasteiger partial charge is 0.305 e. The van der Waals surface area contributed by atoms with Gasteiger partial charge in [0, 0.05) is 30.9 Å². The van der Waals surface area contributed by atoms with Gasteiger partial charge < -0.3 is 10.0 Å². The van der Waals surface area contributed by atoms with Crippen LogP contribution in [0.15, 0.2) is 18.2 Å². The Hall–Kier alpha value is -2.11. The highest BCUT2D eigenvalue weighted by Crippen LogP contribution is 2.23. The molecule has 0 saturated heterocycles. The minimum atomic E-state index is -0.879. The second-order valence-corrected chi connectivity index (χ2v) is 4.01. The predicted octanol–water partition coefficient (Wildman–Crippen LogP) is 2.20. The van der Waals surface area contributed by atoms with Crippen molar-refractivity contribution in [3.05, 3.63) is 33.9 Å². The lowest BCUT2D eigenvalue weighted by Crippen LogP contribution is -2.25. The Kier molecular flexibility index (Phi) is 4.65. The van der Waals surface area contributed by atoms with Crippen LogP contribution in [0.4, 0.5) is 11.4 Å². The van der Waals surface area contributed by atoms with Crippen molar-refractivity contribution >= 4 is 17.3 Å². The molecule has 0 aliphatic heterocycles. The van der Waals surface area contributed by atoms with E-state index in [1.807, 2.05) is 17.9 Å². The van der Waals surface area contributed by atoms with Gasteiger partial charge >= 0.3 is 5.97 Å². The SMILES string of the molecule is CCN(CCC(=O)O)c1cc(C)cc([N+](=O)[O-])c1. The minimum absolute atomic E-state index is 0.00950. The number of hydrogen-bond donors (Lipinski definition) is 1. The third-order valence-electron chi connectivity index (χ3n) is 2.60. The molecule has 0 bridgehead atoms. The first-order valence-electron chi connectivity index (χ1n) is 5.67. The summed E-state index contributed by atoms with van der Waals surface area (Å²) in [7, 11) is 0. The van der Waals surface area contributed by atoms with Crippen molar-refractivity contribution in [2.45, 2.75) is 20.3 Å². The van der Waals surface area contributed by atoms with Gasteiger partial charge in [-0.2, -0.15) is 0 Å². The first-order valence-corrected chi connectivity index (χ1v) is 5.67. The molecule has 6 heteroatoms. The Bertz CT molecular complexity index is 459. The maximum atomic E-state index is 10.8. The van der Waals surface area contributed by atoms with E-state index >= 15 is 0 Å². The Morgan fingerprint density at radius 2 is 2.11 bits per heavy atom. The van der Waals surface area contributed by atoms with Crippen LogP contribution in [0.25, 0.3) is 0 Å². The van der Waals surface area contributed by atoms with Crippen LogP contribution in [-0.4, -0.2) is 29.1 Å². The molecule has 0 unspecified atom stereocenters. The van der Waals surface area contributed by atoms with Gasteiger partial charge in [0.2, 0.25) is 0 Å². The van der Waals surface area contributed by atoms with Crippen molar-refractivity contribution in [3.63, 3.8) is 0 Å². The fourth-order valence-electron chi connectivity index (χ4n) is 1.73. The van der Waals surface area contributed by atoms with Gasteiger partial charge in [0.1, 0.15) is 0 Å². The second-order valence-electron chi connectivity index (χ2n) is 4.01. The van der Waals surface area contributed by atoms with Gasteiger partial charge in [-0.05, 0) is 25.5 Å². The molecule has 0 aromatic heterocycles. The predicted molar refractivity (Wildman–Crippen MR) is 68.0 cm³/mol. The summed E-state index contributed by atoms with van der Waals surface area (Å²) < 4.78 is 0. The van der Waals surface area contributed by atoms with Crippen LogP contribution >= 0.6 is 0 Å². The Morgan fingerprint density at radius 1 is 1.44 bits per heavy atom. The van der Waals surface area contributed by atoms with E-state index in [1.165, 1.54) is 12.1 Å². The van der Waals surface area contributed by atoms with Crippen LogP contribution in [0.3, 0.4) is 0 Å². The number of benzene rings is 1. The highest BCUT2D eigenvalue weighted by Gasteiger charge is 2.12. The van der Waals surface area contributed by atoms with Crippen LogP contribution in [-0.2, 0) is 4.79 Å². The molecule has 0 amide bonds. The van der Waals surface area contributed by atoms with Crippen LogP contribution in [0.1, 0.15) is 18.9 Å². The Balaban J connectivity index is 2.97. The van der Waals surface area contributed by atoms with E-state index in [2.05, 4.69) is 0 Å². The zero-order chi connectivity index (χ0) is 13.7. The lowest BCUT2D eigenvalue weighted by Gasteiger charge is -2.22. The molecule has 1 N–H and O–H groups in total. The van der Waals surface area contributed by atoms with Crippen molar-refractivity contribution in [2.24, 2.45) is 0 Å². The zero-order valence-electron chi connectivity index (χ0n) is 10.4. The molecule has 0 aliphatic rings. The van der Waals surface area contributed by atoms with Crippen LogP contribution < -0.4 is 4.90 Å². The molecule has 0 fully saturated rings. The van der Waals surface area contributed by atoms with Gasteiger partial charge in [-0.3, -0.25) is 14.9 Å². The lowest BCUT2D eigenvalue weighted by atomic mass is 10.1. The van der Waals surface area contributed by atoms with Crippen molar-refractivity contribution in [1.82, 2.24) is 0 Å². The number of rotatable bonds is 6. The largest absolute Gasteiger partial charge is 0.481 e. The molecule has 1 aromatic rings. The summed E-state index contributed by atoms with van der Waals surface area (Å²) in [6.45, 7) is 4.61. The zero-order valence-corrected chi connectivity index (χ0v) is 10.4. The second kappa shape index (κ2) is 6.00. The summed E-state index contributed by atoms with van der Waals surface area (Å²) in [6, 6.07) is 4.78. The monoisotopic (exact) mass is 252 g/mol. The third-order valence-corrected chi connectivity index (χ3v) is 2.60. The van der Waals surface area contributed by atoms with Crippen molar-refractivity contribution in [1.29, 1.82) is 0 Å². The molecule has 0 spiro atoms. The first kappa shape index (κ1) is 14.0. The Morgan fingerprint density at radius 3 is 2.61 bits per heavy atom. The standard InChI is InChI=1S/C12H16N2O4/c1-3-13(5-4-12(15)16)10-6-9(2)7-11(8-10)14(17)18/h6-8H,3-5H2,1-2H3,(H,15,16). The topological polar surface area (TPSA) is 83.7 Å². The molecular weight excluding hydrogens is 236 g/mol. The number of nitrogens with zero attached hydrogens (tertiary/aromatic N) is 2.